The van der Waals surface area contributed by atoms with Gasteiger partial charge in [0.2, 0.25) is 0 Å². The minimum atomic E-state index is -0.426. The fraction of sp³-hybridized carbons (Fsp3) is 0.105. The molecule has 0 fully saturated rings. The first kappa shape index (κ1) is 15.8. The van der Waals surface area contributed by atoms with Gasteiger partial charge >= 0.3 is 0 Å². The van der Waals surface area contributed by atoms with Gasteiger partial charge in [-0.1, -0.05) is 24.3 Å². The van der Waals surface area contributed by atoms with Crippen molar-refractivity contribution in [2.45, 2.75) is 6.92 Å². The van der Waals surface area contributed by atoms with Gasteiger partial charge in [0, 0.05) is 0 Å². The highest BCUT2D eigenvalue weighted by molar-refractivity contribution is 6.03. The maximum atomic E-state index is 13.8. The summed E-state index contributed by atoms with van der Waals surface area (Å²) < 4.78 is 24.8. The van der Waals surface area contributed by atoms with Crippen molar-refractivity contribution in [2.75, 3.05) is 11.9 Å². The van der Waals surface area contributed by atoms with Crippen LogP contribution >= 0.6 is 0 Å². The van der Waals surface area contributed by atoms with Gasteiger partial charge in [0.05, 0.1) is 17.9 Å². The molecule has 0 aliphatic carbocycles. The zero-order chi connectivity index (χ0) is 16.9. The maximum Gasteiger partial charge on any atom is 0.291 e. The van der Waals surface area contributed by atoms with Crippen LogP contribution in [-0.4, -0.2) is 12.5 Å². The Labute approximate surface area is 138 Å². The Kier molecular flexibility index (Phi) is 4.61. The molecule has 24 heavy (non-hydrogen) atoms. The van der Waals surface area contributed by atoms with Crippen molar-refractivity contribution < 1.29 is 18.3 Å². The van der Waals surface area contributed by atoms with Crippen LogP contribution in [0.2, 0.25) is 0 Å². The molecular weight excluding hydrogens is 309 g/mol. The van der Waals surface area contributed by atoms with Crippen molar-refractivity contribution in [3.8, 4) is 17.1 Å². The van der Waals surface area contributed by atoms with Crippen molar-refractivity contribution in [2.24, 2.45) is 0 Å². The fourth-order valence-corrected chi connectivity index (χ4v) is 2.30. The number of hydrogen-bond acceptors (Lipinski definition) is 3. The molecule has 0 radical (unpaired) electrons. The average Bonchev–Trinajstić information content (AvgIpc) is 3.07. The molecule has 1 amide bonds. The quantitative estimate of drug-likeness (QED) is 0.737. The number of carbonyl (C=O) groups is 1. The molecule has 122 valence electrons. The molecule has 0 aliphatic heterocycles. The van der Waals surface area contributed by atoms with E-state index in [1.54, 1.807) is 42.5 Å². The van der Waals surface area contributed by atoms with Crippen LogP contribution in [0.25, 0.3) is 11.3 Å². The number of ether oxygens (including phenoxy) is 1. The van der Waals surface area contributed by atoms with Gasteiger partial charge in [0.25, 0.3) is 5.91 Å². The lowest BCUT2D eigenvalue weighted by Gasteiger charge is -2.10. The molecule has 1 aromatic heterocycles. The van der Waals surface area contributed by atoms with Crippen LogP contribution in [0.15, 0.2) is 65.1 Å². The van der Waals surface area contributed by atoms with Crippen LogP contribution in [0.5, 0.6) is 5.75 Å². The normalized spacial score (nSPS) is 10.4. The van der Waals surface area contributed by atoms with Gasteiger partial charge in [-0.05, 0) is 43.3 Å². The second-order valence-electron chi connectivity index (χ2n) is 5.03. The molecule has 0 unspecified atom stereocenters. The SMILES string of the molecule is CCOc1ccccc1NC(=O)c1ccc(-c2ccccc2F)o1. The van der Waals surface area contributed by atoms with E-state index in [4.69, 9.17) is 9.15 Å². The molecule has 0 atom stereocenters. The number of amides is 1. The van der Waals surface area contributed by atoms with Crippen molar-refractivity contribution in [1.29, 1.82) is 0 Å². The molecule has 4 nitrogen and oxygen atoms in total. The highest BCUT2D eigenvalue weighted by Crippen LogP contribution is 2.27. The van der Waals surface area contributed by atoms with E-state index in [2.05, 4.69) is 5.32 Å². The average molecular weight is 325 g/mol. The summed E-state index contributed by atoms with van der Waals surface area (Å²) in [7, 11) is 0. The Hall–Kier alpha value is -3.08. The van der Waals surface area contributed by atoms with Gasteiger partial charge in [0.15, 0.2) is 5.76 Å². The third kappa shape index (κ3) is 3.30. The molecule has 5 heteroatoms. The molecule has 3 aromatic rings. The predicted molar refractivity (Wildman–Crippen MR) is 89.7 cm³/mol. The number of carbonyl (C=O) groups excluding carboxylic acids is 1. The number of furan rings is 1. The Bertz CT molecular complexity index is 857. The van der Waals surface area contributed by atoms with Crippen LogP contribution in [0, 0.1) is 5.82 Å². The Morgan fingerprint density at radius 3 is 2.62 bits per heavy atom. The van der Waals surface area contributed by atoms with Gasteiger partial charge < -0.3 is 14.5 Å². The first-order valence-corrected chi connectivity index (χ1v) is 7.57. The summed E-state index contributed by atoms with van der Waals surface area (Å²) in [6.07, 6.45) is 0. The smallest absolute Gasteiger partial charge is 0.291 e. The molecule has 2 aromatic carbocycles. The van der Waals surface area contributed by atoms with E-state index in [1.807, 2.05) is 13.0 Å². The maximum absolute atomic E-state index is 13.8. The molecule has 1 heterocycles. The van der Waals surface area contributed by atoms with Crippen LogP contribution < -0.4 is 10.1 Å². The van der Waals surface area contributed by atoms with E-state index < -0.39 is 11.7 Å². The lowest BCUT2D eigenvalue weighted by atomic mass is 10.1. The summed E-state index contributed by atoms with van der Waals surface area (Å²) in [6.45, 7) is 2.36. The Balaban J connectivity index is 1.81. The summed E-state index contributed by atoms with van der Waals surface area (Å²) in [5.41, 5.74) is 0.861. The van der Waals surface area contributed by atoms with Gasteiger partial charge in [0.1, 0.15) is 17.3 Å². The second-order valence-corrected chi connectivity index (χ2v) is 5.03. The third-order valence-electron chi connectivity index (χ3n) is 3.40. The number of benzene rings is 2. The summed E-state index contributed by atoms with van der Waals surface area (Å²) in [6, 6.07) is 16.5. The summed E-state index contributed by atoms with van der Waals surface area (Å²) >= 11 is 0. The number of anilines is 1. The van der Waals surface area contributed by atoms with Crippen molar-refractivity contribution in [1.82, 2.24) is 0 Å². The molecular formula is C19H16FNO3. The third-order valence-corrected chi connectivity index (χ3v) is 3.40. The highest BCUT2D eigenvalue weighted by Gasteiger charge is 2.15. The molecule has 1 N–H and O–H groups in total. The van der Waals surface area contributed by atoms with Gasteiger partial charge in [-0.25, -0.2) is 4.39 Å². The minimum absolute atomic E-state index is 0.0968. The Morgan fingerprint density at radius 2 is 1.83 bits per heavy atom. The molecule has 0 aliphatic rings. The van der Waals surface area contributed by atoms with E-state index in [0.717, 1.165) is 0 Å². The number of rotatable bonds is 5. The molecule has 3 rings (SSSR count). The van der Waals surface area contributed by atoms with Gasteiger partial charge in [-0.15, -0.1) is 0 Å². The zero-order valence-electron chi connectivity index (χ0n) is 13.1. The van der Waals surface area contributed by atoms with Gasteiger partial charge in [-0.2, -0.15) is 0 Å². The lowest BCUT2D eigenvalue weighted by molar-refractivity contribution is 0.0997. The van der Waals surface area contributed by atoms with E-state index >= 15 is 0 Å². The standard InChI is InChI=1S/C19H16FNO3/c1-2-23-17-10-6-5-9-15(17)21-19(22)18-12-11-16(24-18)13-7-3-4-8-14(13)20/h3-12H,2H2,1H3,(H,21,22). The van der Waals surface area contributed by atoms with E-state index in [-0.39, 0.29) is 5.76 Å². The van der Waals surface area contributed by atoms with E-state index in [0.29, 0.717) is 29.4 Å². The Morgan fingerprint density at radius 1 is 1.08 bits per heavy atom. The van der Waals surface area contributed by atoms with Crippen LogP contribution in [-0.2, 0) is 0 Å². The molecule has 0 bridgehead atoms. The summed E-state index contributed by atoms with van der Waals surface area (Å²) in [4.78, 5) is 12.3. The second kappa shape index (κ2) is 7.00. The van der Waals surface area contributed by atoms with Crippen molar-refractivity contribution in [3.05, 3.63) is 72.2 Å². The van der Waals surface area contributed by atoms with Crippen LogP contribution in [0.3, 0.4) is 0 Å². The van der Waals surface area contributed by atoms with Crippen molar-refractivity contribution >= 4 is 11.6 Å². The number of halogens is 1. The van der Waals surface area contributed by atoms with Crippen LogP contribution in [0.4, 0.5) is 10.1 Å². The minimum Gasteiger partial charge on any atom is -0.492 e. The summed E-state index contributed by atoms with van der Waals surface area (Å²) in [5, 5.41) is 2.74. The first-order chi connectivity index (χ1) is 11.7. The number of hydrogen-bond donors (Lipinski definition) is 1. The van der Waals surface area contributed by atoms with Crippen molar-refractivity contribution in [3.63, 3.8) is 0 Å². The zero-order valence-corrected chi connectivity index (χ0v) is 13.1. The van der Waals surface area contributed by atoms with Gasteiger partial charge in [-0.3, -0.25) is 4.79 Å². The molecule has 0 saturated heterocycles. The highest BCUT2D eigenvalue weighted by atomic mass is 19.1. The largest absolute Gasteiger partial charge is 0.492 e. The number of nitrogens with one attached hydrogen (secondary N) is 1. The number of para-hydroxylation sites is 2. The fourth-order valence-electron chi connectivity index (χ4n) is 2.30. The van der Waals surface area contributed by atoms with E-state index in [9.17, 15) is 9.18 Å². The van der Waals surface area contributed by atoms with Crippen LogP contribution in [0.1, 0.15) is 17.5 Å². The lowest BCUT2D eigenvalue weighted by Crippen LogP contribution is -2.12. The predicted octanol–water partition coefficient (Wildman–Crippen LogP) is 4.74. The topological polar surface area (TPSA) is 51.5 Å². The monoisotopic (exact) mass is 325 g/mol. The molecule has 0 saturated carbocycles. The molecule has 0 spiro atoms. The van der Waals surface area contributed by atoms with E-state index in [1.165, 1.54) is 12.1 Å². The first-order valence-electron chi connectivity index (χ1n) is 7.57. The summed E-state index contributed by atoms with van der Waals surface area (Å²) in [5.74, 6) is 0.148.